The Labute approximate surface area is 223 Å². The van der Waals surface area contributed by atoms with Gasteiger partial charge in [0.25, 0.3) is 6.43 Å². The average Bonchev–Trinajstić information content (AvgIpc) is 3.58. The molecule has 0 spiro atoms. The van der Waals surface area contributed by atoms with Gasteiger partial charge in [-0.3, -0.25) is 14.1 Å². The predicted octanol–water partition coefficient (Wildman–Crippen LogP) is 2.65. The van der Waals surface area contributed by atoms with Crippen LogP contribution >= 0.6 is 0 Å². The van der Waals surface area contributed by atoms with Crippen LogP contribution in [0.2, 0.25) is 0 Å². The molecule has 14 heteroatoms. The van der Waals surface area contributed by atoms with E-state index in [1.165, 1.54) is 4.57 Å². The molecule has 39 heavy (non-hydrogen) atoms. The lowest BCUT2D eigenvalue weighted by Crippen LogP contribution is -2.37. The third kappa shape index (κ3) is 5.82. The highest BCUT2D eigenvalue weighted by Gasteiger charge is 2.24. The number of hydrogen-bond donors (Lipinski definition) is 1. The highest BCUT2D eigenvalue weighted by atomic mass is 19.3. The molecule has 1 N–H and O–H groups in total. The molecule has 4 aromatic rings. The summed E-state index contributed by atoms with van der Waals surface area (Å²) in [6.45, 7) is 7.43. The van der Waals surface area contributed by atoms with Crippen LogP contribution in [0.25, 0.3) is 17.0 Å². The monoisotopic (exact) mass is 540 g/mol. The first-order valence-electron chi connectivity index (χ1n) is 13.1. The molecule has 206 valence electrons. The van der Waals surface area contributed by atoms with Gasteiger partial charge in [-0.2, -0.15) is 20.1 Å². The Balaban J connectivity index is 1.27. The molecule has 5 heterocycles. The highest BCUT2D eigenvalue weighted by Crippen LogP contribution is 2.28. The van der Waals surface area contributed by atoms with Crippen molar-refractivity contribution in [3.05, 3.63) is 42.5 Å². The maximum atomic E-state index is 14.1. The highest BCUT2D eigenvalue weighted by molar-refractivity contribution is 5.77. The summed E-state index contributed by atoms with van der Waals surface area (Å²) >= 11 is 0. The number of ether oxygens (including phenoxy) is 2. The number of nitrogens with one attached hydrogen (secondary N) is 1. The van der Waals surface area contributed by atoms with Gasteiger partial charge in [-0.15, -0.1) is 0 Å². The van der Waals surface area contributed by atoms with E-state index in [2.05, 4.69) is 35.3 Å². The fourth-order valence-corrected chi connectivity index (χ4v) is 4.78. The Morgan fingerprint density at radius 3 is 2.41 bits per heavy atom. The first kappa shape index (κ1) is 25.5. The maximum Gasteiger partial charge on any atom is 0.296 e. The Kier molecular flexibility index (Phi) is 7.56. The van der Waals surface area contributed by atoms with Gasteiger partial charge in [-0.25, -0.2) is 13.8 Å². The standard InChI is InChI=1S/C25H30F2N10O2/c26-21(27)22-30-19-4-1-2-5-20(19)37(22)25-32-23(31-24(33-25)35-10-14-39-15-11-35)29-18-16-28-36(17-18)7-3-6-34-8-12-38-13-9-34/h1-2,4-5,16-17,21H,3,6-15H2,(H,29,31,32,33). The Morgan fingerprint density at radius 2 is 1.62 bits per heavy atom. The van der Waals surface area contributed by atoms with E-state index in [9.17, 15) is 8.78 Å². The Morgan fingerprint density at radius 1 is 0.872 bits per heavy atom. The number of para-hydroxylation sites is 2. The van der Waals surface area contributed by atoms with Crippen LogP contribution < -0.4 is 10.2 Å². The Hall–Kier alpha value is -3.75. The molecular weight excluding hydrogens is 510 g/mol. The van der Waals surface area contributed by atoms with E-state index in [1.807, 2.05) is 15.8 Å². The topological polar surface area (TPSA) is 111 Å². The van der Waals surface area contributed by atoms with E-state index < -0.39 is 12.2 Å². The van der Waals surface area contributed by atoms with Gasteiger partial charge in [-0.05, 0) is 18.6 Å². The van der Waals surface area contributed by atoms with Gasteiger partial charge >= 0.3 is 0 Å². The molecule has 0 atom stereocenters. The van der Waals surface area contributed by atoms with Gasteiger partial charge in [0.15, 0.2) is 5.82 Å². The van der Waals surface area contributed by atoms with E-state index in [-0.39, 0.29) is 11.9 Å². The minimum Gasteiger partial charge on any atom is -0.379 e. The molecule has 3 aromatic heterocycles. The van der Waals surface area contributed by atoms with Crippen LogP contribution in [-0.4, -0.2) is 98.3 Å². The molecule has 0 aliphatic carbocycles. The summed E-state index contributed by atoms with van der Waals surface area (Å²) < 4.78 is 42.2. The molecule has 0 unspecified atom stereocenters. The largest absolute Gasteiger partial charge is 0.379 e. The smallest absolute Gasteiger partial charge is 0.296 e. The van der Waals surface area contributed by atoms with Crippen molar-refractivity contribution < 1.29 is 18.3 Å². The fourth-order valence-electron chi connectivity index (χ4n) is 4.78. The van der Waals surface area contributed by atoms with Crippen molar-refractivity contribution in [3.63, 3.8) is 0 Å². The predicted molar refractivity (Wildman–Crippen MR) is 140 cm³/mol. The lowest BCUT2D eigenvalue weighted by atomic mass is 10.3. The quantitative estimate of drug-likeness (QED) is 0.340. The zero-order valence-electron chi connectivity index (χ0n) is 21.4. The number of halogens is 2. The summed E-state index contributed by atoms with van der Waals surface area (Å²) in [5.74, 6) is 0.249. The van der Waals surface area contributed by atoms with Crippen LogP contribution in [0.4, 0.5) is 26.4 Å². The number of morpholine rings is 2. The van der Waals surface area contributed by atoms with Crippen molar-refractivity contribution in [2.24, 2.45) is 0 Å². The number of alkyl halides is 2. The minimum absolute atomic E-state index is 0.0656. The Bertz CT molecular complexity index is 1400. The first-order valence-corrected chi connectivity index (χ1v) is 13.1. The van der Waals surface area contributed by atoms with Crippen LogP contribution in [0.5, 0.6) is 0 Å². The van der Waals surface area contributed by atoms with E-state index in [4.69, 9.17) is 9.47 Å². The van der Waals surface area contributed by atoms with Gasteiger partial charge in [0.1, 0.15) is 0 Å². The van der Waals surface area contributed by atoms with Crippen molar-refractivity contribution in [2.75, 3.05) is 69.4 Å². The van der Waals surface area contributed by atoms with Crippen molar-refractivity contribution >= 4 is 28.6 Å². The molecule has 2 aliphatic rings. The summed E-state index contributed by atoms with van der Waals surface area (Å²) in [4.78, 5) is 22.2. The number of benzene rings is 1. The normalized spacial score (nSPS) is 16.8. The van der Waals surface area contributed by atoms with E-state index in [0.29, 0.717) is 49.0 Å². The SMILES string of the molecule is FC(F)c1nc2ccccc2n1-c1nc(Nc2cnn(CCCN3CCOCC3)c2)nc(N2CCOCC2)n1. The van der Waals surface area contributed by atoms with Crippen LogP contribution in [-0.2, 0) is 16.0 Å². The van der Waals surface area contributed by atoms with Crippen LogP contribution in [0.1, 0.15) is 18.7 Å². The van der Waals surface area contributed by atoms with Crippen molar-refractivity contribution in [3.8, 4) is 5.95 Å². The van der Waals surface area contributed by atoms with Gasteiger partial charge in [0.05, 0.1) is 49.3 Å². The summed E-state index contributed by atoms with van der Waals surface area (Å²) in [5.41, 5.74) is 1.62. The number of aryl methyl sites for hydroxylation is 1. The van der Waals surface area contributed by atoms with Crippen LogP contribution in [0.15, 0.2) is 36.7 Å². The van der Waals surface area contributed by atoms with Crippen molar-refractivity contribution in [2.45, 2.75) is 19.4 Å². The number of imidazole rings is 1. The number of nitrogens with zero attached hydrogens (tertiary/aromatic N) is 9. The summed E-state index contributed by atoms with van der Waals surface area (Å²) in [5, 5.41) is 7.65. The molecular formula is C25H30F2N10O2. The second kappa shape index (κ2) is 11.6. The molecule has 0 amide bonds. The summed E-state index contributed by atoms with van der Waals surface area (Å²) in [6.07, 6.45) is 1.73. The number of anilines is 3. The minimum atomic E-state index is -2.81. The summed E-state index contributed by atoms with van der Waals surface area (Å²) in [6, 6.07) is 6.94. The van der Waals surface area contributed by atoms with Crippen molar-refractivity contribution in [1.29, 1.82) is 0 Å². The molecule has 0 radical (unpaired) electrons. The number of aromatic nitrogens is 7. The second-order valence-electron chi connectivity index (χ2n) is 9.38. The molecule has 2 saturated heterocycles. The first-order chi connectivity index (χ1) is 19.1. The second-order valence-corrected chi connectivity index (χ2v) is 9.38. The molecule has 2 aliphatic heterocycles. The molecule has 12 nitrogen and oxygen atoms in total. The number of hydrogen-bond acceptors (Lipinski definition) is 10. The lowest BCUT2D eigenvalue weighted by molar-refractivity contribution is 0.0368. The molecule has 1 aromatic carbocycles. The van der Waals surface area contributed by atoms with Crippen LogP contribution in [0.3, 0.4) is 0 Å². The maximum absolute atomic E-state index is 14.1. The van der Waals surface area contributed by atoms with E-state index in [1.54, 1.807) is 30.5 Å². The zero-order chi connectivity index (χ0) is 26.6. The number of rotatable bonds is 9. The molecule has 6 rings (SSSR count). The lowest BCUT2D eigenvalue weighted by Gasteiger charge is -2.27. The third-order valence-electron chi connectivity index (χ3n) is 6.74. The summed E-state index contributed by atoms with van der Waals surface area (Å²) in [7, 11) is 0. The van der Waals surface area contributed by atoms with Gasteiger partial charge < -0.3 is 19.7 Å². The van der Waals surface area contributed by atoms with E-state index >= 15 is 0 Å². The third-order valence-corrected chi connectivity index (χ3v) is 6.74. The zero-order valence-corrected chi connectivity index (χ0v) is 21.4. The molecule has 0 bridgehead atoms. The molecule has 2 fully saturated rings. The number of fused-ring (bicyclic) bond motifs is 1. The van der Waals surface area contributed by atoms with E-state index in [0.717, 1.165) is 45.8 Å². The van der Waals surface area contributed by atoms with Gasteiger partial charge in [0.2, 0.25) is 17.8 Å². The fraction of sp³-hybridized carbons (Fsp3) is 0.480. The van der Waals surface area contributed by atoms with Gasteiger partial charge in [-0.1, -0.05) is 12.1 Å². The van der Waals surface area contributed by atoms with Crippen molar-refractivity contribution in [1.82, 2.24) is 39.2 Å². The van der Waals surface area contributed by atoms with Gasteiger partial charge in [0, 0.05) is 45.5 Å². The van der Waals surface area contributed by atoms with Crippen LogP contribution in [0, 0.1) is 0 Å². The average molecular weight is 541 g/mol. The molecule has 0 saturated carbocycles.